The quantitative estimate of drug-likeness (QED) is 0.413. The van der Waals surface area contributed by atoms with Crippen LogP contribution in [0.5, 0.6) is 0 Å². The molecule has 5 rings (SSSR count). The van der Waals surface area contributed by atoms with Crippen molar-refractivity contribution < 1.29 is 14.0 Å². The van der Waals surface area contributed by atoms with Crippen LogP contribution in [0.2, 0.25) is 0 Å². The lowest BCUT2D eigenvalue weighted by Crippen LogP contribution is -2.67. The number of nitrogens with one attached hydrogen (secondary N) is 1. The predicted molar refractivity (Wildman–Crippen MR) is 140 cm³/mol. The summed E-state index contributed by atoms with van der Waals surface area (Å²) in [6.45, 7) is 6.65. The molecule has 2 atom stereocenters. The molecule has 2 aliphatic rings. The van der Waals surface area contributed by atoms with E-state index in [0.29, 0.717) is 12.2 Å². The topological polar surface area (TPSA) is 67.5 Å². The van der Waals surface area contributed by atoms with E-state index in [9.17, 15) is 9.59 Å². The maximum Gasteiger partial charge on any atom is 0.271 e. The van der Waals surface area contributed by atoms with E-state index in [-0.39, 0.29) is 23.9 Å². The molecule has 35 heavy (non-hydrogen) atoms. The van der Waals surface area contributed by atoms with Gasteiger partial charge in [-0.15, -0.1) is 11.3 Å². The van der Waals surface area contributed by atoms with Gasteiger partial charge in [-0.05, 0) is 63.8 Å². The normalized spacial score (nSPS) is 22.3. The van der Waals surface area contributed by atoms with Crippen LogP contribution in [0, 0.1) is 0 Å². The highest BCUT2D eigenvalue weighted by Crippen LogP contribution is 2.38. The maximum atomic E-state index is 14.0. The molecular formula is C28H37N3O3S. The molecule has 188 valence electrons. The smallest absolute Gasteiger partial charge is 0.271 e. The van der Waals surface area contributed by atoms with Gasteiger partial charge in [-0.3, -0.25) is 9.59 Å². The van der Waals surface area contributed by atoms with Crippen molar-refractivity contribution in [3.05, 3.63) is 46.9 Å². The summed E-state index contributed by atoms with van der Waals surface area (Å²) in [6.07, 6.45) is 10.9. The third kappa shape index (κ3) is 4.55. The molecule has 1 saturated carbocycles. The Hall–Kier alpha value is -2.54. The van der Waals surface area contributed by atoms with Crippen molar-refractivity contribution in [3.63, 3.8) is 0 Å². The molecule has 1 fully saturated rings. The minimum atomic E-state index is -0.959. The van der Waals surface area contributed by atoms with Gasteiger partial charge >= 0.3 is 0 Å². The summed E-state index contributed by atoms with van der Waals surface area (Å²) >= 11 is 1.75. The molecular weight excluding hydrogens is 458 g/mol. The average molecular weight is 496 g/mol. The number of furan rings is 1. The largest absolute Gasteiger partial charge is 0.469 e. The molecule has 0 aromatic carbocycles. The summed E-state index contributed by atoms with van der Waals surface area (Å²) in [7, 11) is 0. The zero-order valence-corrected chi connectivity index (χ0v) is 22.0. The fraction of sp³-hybridized carbons (Fsp3) is 0.571. The standard InChI is InChI=1S/C28H37N3O3S/c1-4-22-16-23-25(35-22)17-24-26(32)31(19(2)13-14-21-12-9-15-34-21)28(3,18-30(23)24)27(33)29-20-10-7-5-6-8-11-20/h9,12,15-17,19-20H,4-8,10-11,13-14,18H2,1-3H3,(H,29,33)/t19-,28-/m0/s1. The van der Waals surface area contributed by atoms with Crippen molar-refractivity contribution in [1.82, 2.24) is 14.8 Å². The Morgan fingerprint density at radius 1 is 1.26 bits per heavy atom. The van der Waals surface area contributed by atoms with Crippen LogP contribution in [0.3, 0.4) is 0 Å². The van der Waals surface area contributed by atoms with E-state index < -0.39 is 5.54 Å². The molecule has 7 heteroatoms. The minimum absolute atomic E-state index is 0.0268. The summed E-state index contributed by atoms with van der Waals surface area (Å²) in [5, 5.41) is 3.37. The van der Waals surface area contributed by atoms with Gasteiger partial charge in [-0.25, -0.2) is 0 Å². The molecule has 1 aliphatic carbocycles. The molecule has 0 unspecified atom stereocenters. The molecule has 1 aliphatic heterocycles. The number of rotatable bonds is 7. The first-order chi connectivity index (χ1) is 16.9. The van der Waals surface area contributed by atoms with Gasteiger partial charge in [0, 0.05) is 23.4 Å². The molecule has 6 nitrogen and oxygen atoms in total. The van der Waals surface area contributed by atoms with Crippen molar-refractivity contribution in [1.29, 1.82) is 0 Å². The predicted octanol–water partition coefficient (Wildman–Crippen LogP) is 5.93. The summed E-state index contributed by atoms with van der Waals surface area (Å²) < 4.78 is 8.75. The zero-order chi connectivity index (χ0) is 24.6. The van der Waals surface area contributed by atoms with Gasteiger partial charge in [0.25, 0.3) is 5.91 Å². The Morgan fingerprint density at radius 2 is 2.03 bits per heavy atom. The van der Waals surface area contributed by atoms with Gasteiger partial charge in [0.2, 0.25) is 5.91 Å². The Balaban J connectivity index is 1.48. The number of aromatic nitrogens is 1. The number of fused-ring (bicyclic) bond motifs is 3. The average Bonchev–Trinajstić information content (AvgIpc) is 3.52. The number of carbonyl (C=O) groups excluding carboxylic acids is 2. The third-order valence-corrected chi connectivity index (χ3v) is 9.15. The van der Waals surface area contributed by atoms with E-state index in [2.05, 4.69) is 29.8 Å². The van der Waals surface area contributed by atoms with Crippen LogP contribution >= 0.6 is 11.3 Å². The molecule has 1 N–H and O–H groups in total. The lowest BCUT2D eigenvalue weighted by atomic mass is 9.91. The molecule has 0 saturated heterocycles. The molecule has 0 bridgehead atoms. The van der Waals surface area contributed by atoms with E-state index >= 15 is 0 Å². The molecule has 4 heterocycles. The van der Waals surface area contributed by atoms with Crippen molar-refractivity contribution in [2.45, 2.75) is 103 Å². The van der Waals surface area contributed by atoms with E-state index in [1.165, 1.54) is 17.7 Å². The number of thiophene rings is 1. The highest BCUT2D eigenvalue weighted by atomic mass is 32.1. The molecule has 3 aromatic rings. The lowest BCUT2D eigenvalue weighted by Gasteiger charge is -2.47. The Labute approximate surface area is 211 Å². The number of hydrogen-bond acceptors (Lipinski definition) is 4. The Bertz CT molecular complexity index is 1190. The van der Waals surface area contributed by atoms with E-state index in [1.807, 2.05) is 30.0 Å². The summed E-state index contributed by atoms with van der Waals surface area (Å²) in [4.78, 5) is 31.2. The second-order valence-corrected chi connectivity index (χ2v) is 11.7. The van der Waals surface area contributed by atoms with Crippen LogP contribution in [-0.4, -0.2) is 38.9 Å². The summed E-state index contributed by atoms with van der Waals surface area (Å²) in [5.74, 6) is 0.825. The van der Waals surface area contributed by atoms with Gasteiger partial charge in [-0.2, -0.15) is 0 Å². The SMILES string of the molecule is CCc1cc2c(cc3n2C[C@@](C)(C(=O)NC2CCCCCC2)N([C@@H](C)CCc2ccco2)C3=O)s1. The summed E-state index contributed by atoms with van der Waals surface area (Å²) in [6, 6.07) is 8.15. The van der Waals surface area contributed by atoms with Gasteiger partial charge in [0.05, 0.1) is 23.0 Å². The monoisotopic (exact) mass is 495 g/mol. The number of carbonyl (C=O) groups is 2. The number of hydrogen-bond donors (Lipinski definition) is 1. The second-order valence-electron chi connectivity index (χ2n) is 10.5. The van der Waals surface area contributed by atoms with Gasteiger partial charge < -0.3 is 19.2 Å². The van der Waals surface area contributed by atoms with Crippen molar-refractivity contribution in [2.75, 3.05) is 0 Å². The minimum Gasteiger partial charge on any atom is -0.469 e. The van der Waals surface area contributed by atoms with Crippen molar-refractivity contribution in [3.8, 4) is 0 Å². The fourth-order valence-electron chi connectivity index (χ4n) is 5.91. The van der Waals surface area contributed by atoms with E-state index in [0.717, 1.165) is 60.9 Å². The van der Waals surface area contributed by atoms with Crippen LogP contribution < -0.4 is 5.32 Å². The number of nitrogens with zero attached hydrogens (tertiary/aromatic N) is 2. The van der Waals surface area contributed by atoms with Crippen molar-refractivity contribution >= 4 is 33.4 Å². The van der Waals surface area contributed by atoms with Crippen LogP contribution in [-0.2, 0) is 24.2 Å². The first kappa shape index (κ1) is 24.2. The first-order valence-electron chi connectivity index (χ1n) is 13.2. The zero-order valence-electron chi connectivity index (χ0n) is 21.1. The van der Waals surface area contributed by atoms with E-state index in [4.69, 9.17) is 4.42 Å². The molecule has 0 spiro atoms. The lowest BCUT2D eigenvalue weighted by molar-refractivity contribution is -0.135. The van der Waals surface area contributed by atoms with Crippen LogP contribution in [0.4, 0.5) is 0 Å². The highest BCUT2D eigenvalue weighted by Gasteiger charge is 2.50. The maximum absolute atomic E-state index is 14.0. The third-order valence-electron chi connectivity index (χ3n) is 7.93. The summed E-state index contributed by atoms with van der Waals surface area (Å²) in [5.41, 5.74) is 0.809. The van der Waals surface area contributed by atoms with Gasteiger partial charge in [0.15, 0.2) is 0 Å². The molecule has 3 aromatic heterocycles. The van der Waals surface area contributed by atoms with Crippen molar-refractivity contribution in [2.24, 2.45) is 0 Å². The van der Waals surface area contributed by atoms with Crippen LogP contribution in [0.15, 0.2) is 34.9 Å². The Kier molecular flexibility index (Phi) is 6.80. The number of aryl methyl sites for hydroxylation is 2. The fourth-order valence-corrected chi connectivity index (χ4v) is 6.96. The van der Waals surface area contributed by atoms with Crippen LogP contribution in [0.1, 0.15) is 86.8 Å². The molecule has 0 radical (unpaired) electrons. The Morgan fingerprint density at radius 3 is 2.71 bits per heavy atom. The second kappa shape index (κ2) is 9.84. The van der Waals surface area contributed by atoms with Gasteiger partial charge in [-0.1, -0.05) is 32.6 Å². The number of amides is 2. The first-order valence-corrected chi connectivity index (χ1v) is 14.0. The van der Waals surface area contributed by atoms with Crippen LogP contribution in [0.25, 0.3) is 10.2 Å². The highest BCUT2D eigenvalue weighted by molar-refractivity contribution is 7.19. The van der Waals surface area contributed by atoms with Gasteiger partial charge in [0.1, 0.15) is 17.0 Å². The van der Waals surface area contributed by atoms with E-state index in [1.54, 1.807) is 17.6 Å². The molecule has 2 amide bonds.